The number of rotatable bonds is 6. The molecule has 0 fully saturated rings. The van der Waals surface area contributed by atoms with Gasteiger partial charge >= 0.3 is 0 Å². The first kappa shape index (κ1) is 13.2. The van der Waals surface area contributed by atoms with Crippen molar-refractivity contribution in [2.24, 2.45) is 5.73 Å². The molecule has 1 rings (SSSR count). The second kappa shape index (κ2) is 6.63. The van der Waals surface area contributed by atoms with Gasteiger partial charge in [0.1, 0.15) is 0 Å². The van der Waals surface area contributed by atoms with E-state index < -0.39 is 0 Å². The maximum atomic E-state index is 5.78. The molecule has 1 atom stereocenters. The molecule has 3 heteroatoms. The molecule has 0 bridgehead atoms. The Labute approximate surface area is 98.0 Å². The van der Waals surface area contributed by atoms with E-state index in [1.807, 2.05) is 6.07 Å². The second-order valence-corrected chi connectivity index (χ2v) is 4.29. The standard InChI is InChI=1S/C13H22N2O/c1-10(2)15-13(8-14)12-6-4-5-11(7-12)9-16-3/h4-7,10,13,15H,8-9,14H2,1-3H3. The molecule has 3 N–H and O–H groups in total. The average molecular weight is 222 g/mol. The summed E-state index contributed by atoms with van der Waals surface area (Å²) in [6, 6.07) is 9.02. The van der Waals surface area contributed by atoms with Crippen LogP contribution in [0.3, 0.4) is 0 Å². The highest BCUT2D eigenvalue weighted by atomic mass is 16.5. The summed E-state index contributed by atoms with van der Waals surface area (Å²) in [5, 5.41) is 3.45. The molecule has 0 spiro atoms. The Kier molecular flexibility index (Phi) is 5.46. The van der Waals surface area contributed by atoms with Crippen LogP contribution in [0.5, 0.6) is 0 Å². The molecule has 0 aliphatic rings. The van der Waals surface area contributed by atoms with Crippen LogP contribution < -0.4 is 11.1 Å². The summed E-state index contributed by atoms with van der Waals surface area (Å²) in [4.78, 5) is 0. The van der Waals surface area contributed by atoms with Gasteiger partial charge in [-0.05, 0) is 11.1 Å². The van der Waals surface area contributed by atoms with Crippen molar-refractivity contribution in [2.75, 3.05) is 13.7 Å². The summed E-state index contributed by atoms with van der Waals surface area (Å²) >= 11 is 0. The van der Waals surface area contributed by atoms with E-state index in [1.54, 1.807) is 7.11 Å². The molecule has 1 unspecified atom stereocenters. The molecule has 16 heavy (non-hydrogen) atoms. The first-order valence-corrected chi connectivity index (χ1v) is 5.71. The van der Waals surface area contributed by atoms with Crippen molar-refractivity contribution < 1.29 is 4.74 Å². The number of nitrogens with two attached hydrogens (primary N) is 1. The molecule has 0 saturated carbocycles. The third-order valence-electron chi connectivity index (χ3n) is 2.43. The molecule has 3 nitrogen and oxygen atoms in total. The van der Waals surface area contributed by atoms with Crippen molar-refractivity contribution >= 4 is 0 Å². The van der Waals surface area contributed by atoms with Gasteiger partial charge in [-0.2, -0.15) is 0 Å². The summed E-state index contributed by atoms with van der Waals surface area (Å²) in [5.74, 6) is 0. The fourth-order valence-corrected chi connectivity index (χ4v) is 1.77. The Morgan fingerprint density at radius 2 is 2.12 bits per heavy atom. The Balaban J connectivity index is 2.79. The van der Waals surface area contributed by atoms with Gasteiger partial charge in [0, 0.05) is 25.7 Å². The number of hydrogen-bond donors (Lipinski definition) is 2. The fourth-order valence-electron chi connectivity index (χ4n) is 1.77. The van der Waals surface area contributed by atoms with Crippen LogP contribution in [0.1, 0.15) is 31.0 Å². The van der Waals surface area contributed by atoms with Crippen molar-refractivity contribution in [1.82, 2.24) is 5.32 Å². The van der Waals surface area contributed by atoms with Crippen LogP contribution in [0.15, 0.2) is 24.3 Å². The SMILES string of the molecule is COCc1cccc(C(CN)NC(C)C)c1. The van der Waals surface area contributed by atoms with Crippen LogP contribution in [0.2, 0.25) is 0 Å². The average Bonchev–Trinajstić information content (AvgIpc) is 2.26. The van der Waals surface area contributed by atoms with E-state index in [1.165, 1.54) is 11.1 Å². The van der Waals surface area contributed by atoms with E-state index >= 15 is 0 Å². The third kappa shape index (κ3) is 3.93. The van der Waals surface area contributed by atoms with Gasteiger partial charge in [-0.15, -0.1) is 0 Å². The van der Waals surface area contributed by atoms with E-state index in [9.17, 15) is 0 Å². The van der Waals surface area contributed by atoms with Crippen molar-refractivity contribution in [3.05, 3.63) is 35.4 Å². The van der Waals surface area contributed by atoms with Crippen LogP contribution in [-0.2, 0) is 11.3 Å². The first-order chi connectivity index (χ1) is 7.67. The quantitative estimate of drug-likeness (QED) is 0.772. The smallest absolute Gasteiger partial charge is 0.0713 e. The third-order valence-corrected chi connectivity index (χ3v) is 2.43. The lowest BCUT2D eigenvalue weighted by Gasteiger charge is -2.20. The van der Waals surface area contributed by atoms with Crippen molar-refractivity contribution in [2.45, 2.75) is 32.5 Å². The van der Waals surface area contributed by atoms with Gasteiger partial charge in [0.25, 0.3) is 0 Å². The Morgan fingerprint density at radius 3 is 2.69 bits per heavy atom. The van der Waals surface area contributed by atoms with Gasteiger partial charge in [-0.25, -0.2) is 0 Å². The molecule has 1 aromatic carbocycles. The predicted octanol–water partition coefficient (Wildman–Crippen LogP) is 1.83. The molecular weight excluding hydrogens is 200 g/mol. The largest absolute Gasteiger partial charge is 0.380 e. The highest BCUT2D eigenvalue weighted by Gasteiger charge is 2.10. The van der Waals surface area contributed by atoms with E-state index in [0.29, 0.717) is 19.2 Å². The minimum absolute atomic E-state index is 0.219. The summed E-state index contributed by atoms with van der Waals surface area (Å²) in [6.45, 7) is 5.50. The number of nitrogens with one attached hydrogen (secondary N) is 1. The van der Waals surface area contributed by atoms with Crippen LogP contribution in [0.25, 0.3) is 0 Å². The van der Waals surface area contributed by atoms with Crippen molar-refractivity contribution in [3.63, 3.8) is 0 Å². The summed E-state index contributed by atoms with van der Waals surface area (Å²) in [6.07, 6.45) is 0. The zero-order chi connectivity index (χ0) is 12.0. The van der Waals surface area contributed by atoms with Crippen LogP contribution in [0.4, 0.5) is 0 Å². The molecule has 0 aliphatic heterocycles. The summed E-state index contributed by atoms with van der Waals surface area (Å²) in [7, 11) is 1.71. The molecule has 0 amide bonds. The van der Waals surface area contributed by atoms with E-state index in [-0.39, 0.29) is 6.04 Å². The van der Waals surface area contributed by atoms with Crippen LogP contribution >= 0.6 is 0 Å². The Morgan fingerprint density at radius 1 is 1.38 bits per heavy atom. The topological polar surface area (TPSA) is 47.3 Å². The van der Waals surface area contributed by atoms with Crippen LogP contribution in [-0.4, -0.2) is 19.7 Å². The molecule has 0 aliphatic carbocycles. The maximum absolute atomic E-state index is 5.78. The normalized spacial score (nSPS) is 13.1. The summed E-state index contributed by atoms with van der Waals surface area (Å²) in [5.41, 5.74) is 8.20. The molecule has 0 saturated heterocycles. The molecular formula is C13H22N2O. The maximum Gasteiger partial charge on any atom is 0.0713 e. The van der Waals surface area contributed by atoms with E-state index in [0.717, 1.165) is 0 Å². The number of benzene rings is 1. The van der Waals surface area contributed by atoms with Gasteiger partial charge in [0.15, 0.2) is 0 Å². The molecule has 0 radical (unpaired) electrons. The molecule has 0 aromatic heterocycles. The lowest BCUT2D eigenvalue weighted by atomic mass is 10.0. The monoisotopic (exact) mass is 222 g/mol. The van der Waals surface area contributed by atoms with E-state index in [4.69, 9.17) is 10.5 Å². The van der Waals surface area contributed by atoms with E-state index in [2.05, 4.69) is 37.4 Å². The van der Waals surface area contributed by atoms with Crippen LogP contribution in [0, 0.1) is 0 Å². The molecule has 0 heterocycles. The minimum Gasteiger partial charge on any atom is -0.380 e. The first-order valence-electron chi connectivity index (χ1n) is 5.71. The van der Waals surface area contributed by atoms with Crippen molar-refractivity contribution in [3.8, 4) is 0 Å². The van der Waals surface area contributed by atoms with Gasteiger partial charge in [0.05, 0.1) is 6.61 Å². The molecule has 90 valence electrons. The Hall–Kier alpha value is -0.900. The number of ether oxygens (including phenoxy) is 1. The minimum atomic E-state index is 0.219. The lowest BCUT2D eigenvalue weighted by Crippen LogP contribution is -2.33. The van der Waals surface area contributed by atoms with Gasteiger partial charge in [-0.1, -0.05) is 38.1 Å². The number of hydrogen-bond acceptors (Lipinski definition) is 3. The summed E-state index contributed by atoms with van der Waals surface area (Å²) < 4.78 is 5.13. The molecule has 1 aromatic rings. The number of methoxy groups -OCH3 is 1. The van der Waals surface area contributed by atoms with Gasteiger partial charge < -0.3 is 15.8 Å². The fraction of sp³-hybridized carbons (Fsp3) is 0.538. The highest BCUT2D eigenvalue weighted by molar-refractivity contribution is 5.26. The van der Waals surface area contributed by atoms with Gasteiger partial charge in [0.2, 0.25) is 0 Å². The predicted molar refractivity (Wildman–Crippen MR) is 67.2 cm³/mol. The Bertz CT molecular complexity index is 313. The highest BCUT2D eigenvalue weighted by Crippen LogP contribution is 2.15. The zero-order valence-electron chi connectivity index (χ0n) is 10.4. The lowest BCUT2D eigenvalue weighted by molar-refractivity contribution is 0.185. The zero-order valence-corrected chi connectivity index (χ0v) is 10.4. The van der Waals surface area contributed by atoms with Crippen molar-refractivity contribution in [1.29, 1.82) is 0 Å². The van der Waals surface area contributed by atoms with Gasteiger partial charge in [-0.3, -0.25) is 0 Å². The second-order valence-electron chi connectivity index (χ2n) is 4.29.